The first-order valence-corrected chi connectivity index (χ1v) is 6.84. The van der Waals surface area contributed by atoms with Gasteiger partial charge in [-0.05, 0) is 32.0 Å². The van der Waals surface area contributed by atoms with Crippen LogP contribution in [0.25, 0.3) is 0 Å². The van der Waals surface area contributed by atoms with Gasteiger partial charge in [0, 0.05) is 32.9 Å². The molecule has 0 heterocycles. The number of rotatable bonds is 5. The molecule has 2 amide bonds. The van der Waals surface area contributed by atoms with Gasteiger partial charge in [-0.25, -0.2) is 0 Å². The van der Waals surface area contributed by atoms with Gasteiger partial charge >= 0.3 is 0 Å². The fourth-order valence-corrected chi connectivity index (χ4v) is 1.95. The molecule has 0 unspecified atom stereocenters. The lowest BCUT2D eigenvalue weighted by atomic mass is 10.1. The highest BCUT2D eigenvalue weighted by Gasteiger charge is 2.18. The Hall–Kier alpha value is -2.24. The predicted molar refractivity (Wildman–Crippen MR) is 85.4 cm³/mol. The topological polar surface area (TPSA) is 78.7 Å². The van der Waals surface area contributed by atoms with E-state index in [2.05, 4.69) is 5.32 Å². The maximum absolute atomic E-state index is 12.2. The SMILES string of the molecule is CC(C)NC(=O)CN(C)c1cc(N)ccc1C(=O)N(C)C. The Labute approximate surface area is 125 Å². The molecule has 0 bridgehead atoms. The first kappa shape index (κ1) is 16.8. The normalized spacial score (nSPS) is 10.4. The van der Waals surface area contributed by atoms with Crippen LogP contribution < -0.4 is 16.0 Å². The van der Waals surface area contributed by atoms with E-state index in [9.17, 15) is 9.59 Å². The summed E-state index contributed by atoms with van der Waals surface area (Å²) in [5.74, 6) is -0.223. The van der Waals surface area contributed by atoms with Crippen LogP contribution in [-0.4, -0.2) is 50.4 Å². The molecule has 0 aliphatic carbocycles. The Morgan fingerprint density at radius 1 is 1.24 bits per heavy atom. The van der Waals surface area contributed by atoms with E-state index in [1.54, 1.807) is 44.2 Å². The zero-order valence-corrected chi connectivity index (χ0v) is 13.3. The number of carbonyl (C=O) groups is 2. The van der Waals surface area contributed by atoms with Gasteiger partial charge in [0.05, 0.1) is 17.8 Å². The van der Waals surface area contributed by atoms with E-state index in [1.165, 1.54) is 4.90 Å². The monoisotopic (exact) mass is 292 g/mol. The lowest BCUT2D eigenvalue weighted by Gasteiger charge is -2.23. The van der Waals surface area contributed by atoms with E-state index in [0.29, 0.717) is 16.9 Å². The Balaban J connectivity index is 3.02. The van der Waals surface area contributed by atoms with Crippen LogP contribution in [0.15, 0.2) is 18.2 Å². The van der Waals surface area contributed by atoms with Gasteiger partial charge in [0.1, 0.15) is 0 Å². The molecule has 3 N–H and O–H groups in total. The molecule has 0 atom stereocenters. The Morgan fingerprint density at radius 2 is 1.86 bits per heavy atom. The number of nitrogens with two attached hydrogens (primary N) is 1. The smallest absolute Gasteiger partial charge is 0.255 e. The number of amides is 2. The van der Waals surface area contributed by atoms with Crippen molar-refractivity contribution in [3.8, 4) is 0 Å². The van der Waals surface area contributed by atoms with Crippen molar-refractivity contribution < 1.29 is 9.59 Å². The molecule has 0 aliphatic heterocycles. The summed E-state index contributed by atoms with van der Waals surface area (Å²) in [7, 11) is 5.14. The van der Waals surface area contributed by atoms with Gasteiger partial charge in [-0.2, -0.15) is 0 Å². The summed E-state index contributed by atoms with van der Waals surface area (Å²) in [6.45, 7) is 3.97. The van der Waals surface area contributed by atoms with Crippen LogP contribution in [0.3, 0.4) is 0 Å². The quantitative estimate of drug-likeness (QED) is 0.791. The summed E-state index contributed by atoms with van der Waals surface area (Å²) in [6.07, 6.45) is 0. The third-order valence-electron chi connectivity index (χ3n) is 2.90. The van der Waals surface area contributed by atoms with Crippen molar-refractivity contribution in [1.29, 1.82) is 0 Å². The number of anilines is 2. The van der Waals surface area contributed by atoms with E-state index < -0.39 is 0 Å². The van der Waals surface area contributed by atoms with Crippen molar-refractivity contribution in [2.24, 2.45) is 0 Å². The van der Waals surface area contributed by atoms with E-state index in [0.717, 1.165) is 0 Å². The first-order chi connectivity index (χ1) is 9.72. The van der Waals surface area contributed by atoms with E-state index in [-0.39, 0.29) is 24.4 Å². The maximum Gasteiger partial charge on any atom is 0.255 e. The third-order valence-corrected chi connectivity index (χ3v) is 2.90. The molecule has 1 aromatic carbocycles. The lowest BCUT2D eigenvalue weighted by molar-refractivity contribution is -0.120. The van der Waals surface area contributed by atoms with Crippen LogP contribution in [0.1, 0.15) is 24.2 Å². The number of hydrogen-bond donors (Lipinski definition) is 2. The molecule has 0 radical (unpaired) electrons. The van der Waals surface area contributed by atoms with Crippen LogP contribution in [0.5, 0.6) is 0 Å². The zero-order chi connectivity index (χ0) is 16.2. The summed E-state index contributed by atoms with van der Waals surface area (Å²) >= 11 is 0. The maximum atomic E-state index is 12.2. The molecule has 1 rings (SSSR count). The van der Waals surface area contributed by atoms with Crippen molar-refractivity contribution in [3.05, 3.63) is 23.8 Å². The van der Waals surface area contributed by atoms with Crippen molar-refractivity contribution in [3.63, 3.8) is 0 Å². The number of nitrogens with one attached hydrogen (secondary N) is 1. The number of nitrogens with zero attached hydrogens (tertiary/aromatic N) is 2. The third kappa shape index (κ3) is 4.66. The Morgan fingerprint density at radius 3 is 2.38 bits per heavy atom. The fraction of sp³-hybridized carbons (Fsp3) is 0.467. The van der Waals surface area contributed by atoms with Gasteiger partial charge in [-0.3, -0.25) is 9.59 Å². The summed E-state index contributed by atoms with van der Waals surface area (Å²) in [6, 6.07) is 5.15. The van der Waals surface area contributed by atoms with Gasteiger partial charge in [-0.1, -0.05) is 0 Å². The molecule has 0 aliphatic rings. The molecule has 0 saturated heterocycles. The van der Waals surface area contributed by atoms with Crippen LogP contribution in [0.2, 0.25) is 0 Å². The second-order valence-electron chi connectivity index (χ2n) is 5.55. The summed E-state index contributed by atoms with van der Waals surface area (Å²) < 4.78 is 0. The highest BCUT2D eigenvalue weighted by Crippen LogP contribution is 2.23. The predicted octanol–water partition coefficient (Wildman–Crippen LogP) is 0.931. The number of hydrogen-bond acceptors (Lipinski definition) is 4. The van der Waals surface area contributed by atoms with Crippen LogP contribution in [0.4, 0.5) is 11.4 Å². The summed E-state index contributed by atoms with van der Waals surface area (Å²) in [5, 5.41) is 2.82. The molecule has 0 fully saturated rings. The molecule has 6 nitrogen and oxygen atoms in total. The molecule has 1 aromatic rings. The minimum Gasteiger partial charge on any atom is -0.399 e. The highest BCUT2D eigenvalue weighted by molar-refractivity contribution is 6.00. The van der Waals surface area contributed by atoms with Crippen molar-refractivity contribution in [1.82, 2.24) is 10.2 Å². The molecule has 0 saturated carbocycles. The van der Waals surface area contributed by atoms with E-state index in [1.807, 2.05) is 13.8 Å². The molecule has 116 valence electrons. The van der Waals surface area contributed by atoms with E-state index >= 15 is 0 Å². The van der Waals surface area contributed by atoms with E-state index in [4.69, 9.17) is 5.73 Å². The van der Waals surface area contributed by atoms with Gasteiger partial charge in [-0.15, -0.1) is 0 Å². The number of nitrogen functional groups attached to an aromatic ring is 1. The summed E-state index contributed by atoms with van der Waals surface area (Å²) in [4.78, 5) is 27.3. The molecule has 21 heavy (non-hydrogen) atoms. The second-order valence-corrected chi connectivity index (χ2v) is 5.55. The van der Waals surface area contributed by atoms with Crippen molar-refractivity contribution >= 4 is 23.2 Å². The summed E-state index contributed by atoms with van der Waals surface area (Å²) in [5.41, 5.74) is 7.52. The van der Waals surface area contributed by atoms with Crippen LogP contribution >= 0.6 is 0 Å². The molecule has 6 heteroatoms. The fourth-order valence-electron chi connectivity index (χ4n) is 1.95. The van der Waals surface area contributed by atoms with Gasteiger partial charge in [0.15, 0.2) is 0 Å². The van der Waals surface area contributed by atoms with Crippen molar-refractivity contribution in [2.45, 2.75) is 19.9 Å². The molecular weight excluding hydrogens is 268 g/mol. The van der Waals surface area contributed by atoms with Crippen molar-refractivity contribution in [2.75, 3.05) is 38.3 Å². The molecule has 0 aromatic heterocycles. The second kappa shape index (κ2) is 6.97. The number of benzene rings is 1. The van der Waals surface area contributed by atoms with Gasteiger partial charge in [0.25, 0.3) is 5.91 Å². The number of carbonyl (C=O) groups excluding carboxylic acids is 2. The Bertz CT molecular complexity index is 526. The minimum atomic E-state index is -0.124. The van der Waals surface area contributed by atoms with Crippen LogP contribution in [0, 0.1) is 0 Å². The first-order valence-electron chi connectivity index (χ1n) is 6.84. The highest BCUT2D eigenvalue weighted by atomic mass is 16.2. The average Bonchev–Trinajstić information content (AvgIpc) is 2.36. The molecular formula is C15H24N4O2. The molecule has 0 spiro atoms. The zero-order valence-electron chi connectivity index (χ0n) is 13.3. The largest absolute Gasteiger partial charge is 0.399 e. The lowest BCUT2D eigenvalue weighted by Crippen LogP contribution is -2.39. The van der Waals surface area contributed by atoms with Crippen LogP contribution in [-0.2, 0) is 4.79 Å². The van der Waals surface area contributed by atoms with Gasteiger partial charge < -0.3 is 20.9 Å². The average molecular weight is 292 g/mol. The minimum absolute atomic E-state index is 0.0784. The number of likely N-dealkylation sites (N-methyl/N-ethyl adjacent to an activating group) is 1. The Kier molecular flexibility index (Phi) is 5.58. The standard InChI is InChI=1S/C15H24N4O2/c1-10(2)17-14(20)9-19(5)13-8-11(16)6-7-12(13)15(21)18(3)4/h6-8,10H,9,16H2,1-5H3,(H,17,20). The van der Waals surface area contributed by atoms with Gasteiger partial charge in [0.2, 0.25) is 5.91 Å².